The van der Waals surface area contributed by atoms with Gasteiger partial charge in [-0.2, -0.15) is 0 Å². The van der Waals surface area contributed by atoms with Crippen molar-refractivity contribution in [1.82, 2.24) is 14.8 Å². The standard InChI is InChI=1S/C21H29N3O3/c1-5-24(6-2)21(26)14-11-17(18(13-25)23(3)12-14)15-7-8-19(27-4)16-9-10-22-20(15)16/h7-11,14,18,22,25H,5-6,12-13H2,1-4H3/t14?,18-/m1/s1. The Morgan fingerprint density at radius 3 is 2.70 bits per heavy atom. The van der Waals surface area contributed by atoms with Crippen LogP contribution in [0.25, 0.3) is 16.5 Å². The predicted molar refractivity (Wildman–Crippen MR) is 108 cm³/mol. The molecule has 2 aromatic rings. The minimum Gasteiger partial charge on any atom is -0.496 e. The van der Waals surface area contributed by atoms with Crippen molar-refractivity contribution in [3.05, 3.63) is 36.0 Å². The van der Waals surface area contributed by atoms with E-state index in [1.807, 2.05) is 56.3 Å². The number of carbonyl (C=O) groups is 1. The third-order valence-corrected chi connectivity index (χ3v) is 5.54. The van der Waals surface area contributed by atoms with Gasteiger partial charge in [0.05, 0.1) is 31.2 Å². The number of H-pyrrole nitrogens is 1. The molecule has 0 saturated carbocycles. The summed E-state index contributed by atoms with van der Waals surface area (Å²) in [5.74, 6) is 0.716. The number of aliphatic hydroxyl groups is 1. The first kappa shape index (κ1) is 19.5. The van der Waals surface area contributed by atoms with E-state index in [9.17, 15) is 9.90 Å². The van der Waals surface area contributed by atoms with E-state index in [2.05, 4.69) is 9.88 Å². The molecule has 0 aliphatic carbocycles. The van der Waals surface area contributed by atoms with Crippen molar-refractivity contribution in [2.75, 3.05) is 40.4 Å². The number of rotatable bonds is 6. The van der Waals surface area contributed by atoms with E-state index in [0.717, 1.165) is 27.8 Å². The van der Waals surface area contributed by atoms with E-state index in [4.69, 9.17) is 4.74 Å². The molecule has 0 radical (unpaired) electrons. The van der Waals surface area contributed by atoms with Crippen LogP contribution in [0.3, 0.4) is 0 Å². The first-order valence-corrected chi connectivity index (χ1v) is 9.51. The number of ether oxygens (including phenoxy) is 1. The van der Waals surface area contributed by atoms with Crippen LogP contribution in [0.4, 0.5) is 0 Å². The summed E-state index contributed by atoms with van der Waals surface area (Å²) in [4.78, 5) is 20.2. The van der Waals surface area contributed by atoms with E-state index in [0.29, 0.717) is 19.6 Å². The highest BCUT2D eigenvalue weighted by molar-refractivity contribution is 5.97. The van der Waals surface area contributed by atoms with Crippen LogP contribution in [0.2, 0.25) is 0 Å². The van der Waals surface area contributed by atoms with Gasteiger partial charge in [-0.05, 0) is 44.7 Å². The van der Waals surface area contributed by atoms with E-state index in [1.54, 1.807) is 7.11 Å². The lowest BCUT2D eigenvalue weighted by molar-refractivity contribution is -0.134. The van der Waals surface area contributed by atoms with Crippen molar-refractivity contribution in [1.29, 1.82) is 0 Å². The second-order valence-corrected chi connectivity index (χ2v) is 6.96. The van der Waals surface area contributed by atoms with Gasteiger partial charge in [0.25, 0.3) is 0 Å². The van der Waals surface area contributed by atoms with Crippen molar-refractivity contribution < 1.29 is 14.6 Å². The number of aromatic amines is 1. The first-order valence-electron chi connectivity index (χ1n) is 9.51. The summed E-state index contributed by atoms with van der Waals surface area (Å²) in [5.41, 5.74) is 2.94. The number of benzene rings is 1. The number of hydrogen-bond acceptors (Lipinski definition) is 4. The number of hydrogen-bond donors (Lipinski definition) is 2. The maximum atomic E-state index is 13.0. The number of aromatic nitrogens is 1. The number of methoxy groups -OCH3 is 1. The summed E-state index contributed by atoms with van der Waals surface area (Å²) >= 11 is 0. The van der Waals surface area contributed by atoms with Crippen LogP contribution in [0.1, 0.15) is 19.4 Å². The van der Waals surface area contributed by atoms with Gasteiger partial charge in [0.2, 0.25) is 5.91 Å². The molecule has 0 saturated heterocycles. The molecule has 6 nitrogen and oxygen atoms in total. The third-order valence-electron chi connectivity index (χ3n) is 5.54. The molecule has 0 spiro atoms. The number of nitrogens with one attached hydrogen (secondary N) is 1. The number of carbonyl (C=O) groups excluding carboxylic acids is 1. The summed E-state index contributed by atoms with van der Waals surface area (Å²) in [7, 11) is 3.62. The third kappa shape index (κ3) is 3.47. The fourth-order valence-corrected chi connectivity index (χ4v) is 4.03. The highest BCUT2D eigenvalue weighted by atomic mass is 16.5. The molecule has 6 heteroatoms. The molecule has 1 amide bonds. The fraction of sp³-hybridized carbons (Fsp3) is 0.476. The van der Waals surface area contributed by atoms with Crippen molar-refractivity contribution in [3.63, 3.8) is 0 Å². The second-order valence-electron chi connectivity index (χ2n) is 6.96. The van der Waals surface area contributed by atoms with Crippen molar-refractivity contribution in [2.45, 2.75) is 19.9 Å². The first-order chi connectivity index (χ1) is 13.0. The normalized spacial score (nSPS) is 20.6. The van der Waals surface area contributed by atoms with Gasteiger partial charge in [-0.15, -0.1) is 0 Å². The largest absolute Gasteiger partial charge is 0.496 e. The summed E-state index contributed by atoms with van der Waals surface area (Å²) in [5, 5.41) is 11.0. The van der Waals surface area contributed by atoms with Crippen molar-refractivity contribution in [3.8, 4) is 5.75 Å². The Labute approximate surface area is 160 Å². The smallest absolute Gasteiger partial charge is 0.230 e. The van der Waals surface area contributed by atoms with Gasteiger partial charge in [0.1, 0.15) is 5.75 Å². The van der Waals surface area contributed by atoms with E-state index < -0.39 is 0 Å². The Bertz CT molecular complexity index is 838. The summed E-state index contributed by atoms with van der Waals surface area (Å²) in [6, 6.07) is 5.78. The molecule has 1 aliphatic rings. The van der Waals surface area contributed by atoms with Crippen LogP contribution in [0.5, 0.6) is 5.75 Å². The molecule has 1 aliphatic heterocycles. The molecule has 3 rings (SSSR count). The monoisotopic (exact) mass is 371 g/mol. The van der Waals surface area contributed by atoms with Gasteiger partial charge in [-0.1, -0.05) is 6.08 Å². The number of nitrogens with zero attached hydrogens (tertiary/aromatic N) is 2. The maximum absolute atomic E-state index is 13.0. The number of fused-ring (bicyclic) bond motifs is 1. The minimum atomic E-state index is -0.222. The van der Waals surface area contributed by atoms with Gasteiger partial charge in [-0.3, -0.25) is 9.69 Å². The Morgan fingerprint density at radius 2 is 2.07 bits per heavy atom. The average Bonchev–Trinajstić information content (AvgIpc) is 3.17. The topological polar surface area (TPSA) is 68.8 Å². The van der Waals surface area contributed by atoms with Crippen LogP contribution >= 0.6 is 0 Å². The molecule has 2 N–H and O–H groups in total. The molecular formula is C21H29N3O3. The number of likely N-dealkylation sites (N-methyl/N-ethyl adjacent to an activating group) is 1. The Balaban J connectivity index is 2.10. The molecule has 0 bridgehead atoms. The lowest BCUT2D eigenvalue weighted by atomic mass is 9.87. The van der Waals surface area contributed by atoms with Crippen LogP contribution in [0, 0.1) is 5.92 Å². The van der Waals surface area contributed by atoms with E-state index in [-0.39, 0.29) is 24.5 Å². The van der Waals surface area contributed by atoms with Gasteiger partial charge in [0, 0.05) is 36.8 Å². The molecule has 2 atom stereocenters. The number of amides is 1. The molecular weight excluding hydrogens is 342 g/mol. The van der Waals surface area contributed by atoms with Crippen LogP contribution in [0.15, 0.2) is 30.5 Å². The molecule has 1 unspecified atom stereocenters. The highest BCUT2D eigenvalue weighted by Crippen LogP contribution is 2.36. The minimum absolute atomic E-state index is 0.00272. The maximum Gasteiger partial charge on any atom is 0.230 e. The fourth-order valence-electron chi connectivity index (χ4n) is 4.03. The zero-order valence-electron chi connectivity index (χ0n) is 16.5. The van der Waals surface area contributed by atoms with Gasteiger partial charge < -0.3 is 19.7 Å². The predicted octanol–water partition coefficient (Wildman–Crippen LogP) is 2.35. The van der Waals surface area contributed by atoms with Gasteiger partial charge in [-0.25, -0.2) is 0 Å². The molecule has 27 heavy (non-hydrogen) atoms. The Hall–Kier alpha value is -2.31. The zero-order valence-corrected chi connectivity index (χ0v) is 16.5. The van der Waals surface area contributed by atoms with Gasteiger partial charge >= 0.3 is 0 Å². The Kier molecular flexibility index (Phi) is 5.87. The summed E-state index contributed by atoms with van der Waals surface area (Å²) in [6.07, 6.45) is 3.93. The van der Waals surface area contributed by atoms with Crippen LogP contribution in [-0.4, -0.2) is 72.2 Å². The number of aliphatic hydroxyl groups excluding tert-OH is 1. The van der Waals surface area contributed by atoms with E-state index >= 15 is 0 Å². The summed E-state index contributed by atoms with van der Waals surface area (Å²) < 4.78 is 5.46. The lowest BCUT2D eigenvalue weighted by Gasteiger charge is -2.37. The second kappa shape index (κ2) is 8.15. The molecule has 0 fully saturated rings. The molecule has 1 aromatic heterocycles. The van der Waals surface area contributed by atoms with Crippen molar-refractivity contribution >= 4 is 22.4 Å². The SMILES string of the molecule is CCN(CC)C(=O)C1C=C(c2ccc(OC)c3cc[nH]c23)[C@@H](CO)N(C)C1. The summed E-state index contributed by atoms with van der Waals surface area (Å²) in [6.45, 7) is 6.01. The van der Waals surface area contributed by atoms with Crippen molar-refractivity contribution in [2.24, 2.45) is 5.92 Å². The molecule has 2 heterocycles. The lowest BCUT2D eigenvalue weighted by Crippen LogP contribution is -2.47. The Morgan fingerprint density at radius 1 is 1.33 bits per heavy atom. The van der Waals surface area contributed by atoms with Gasteiger partial charge in [0.15, 0.2) is 0 Å². The van der Waals surface area contributed by atoms with Crippen LogP contribution < -0.4 is 4.74 Å². The molecule has 1 aromatic carbocycles. The molecule has 146 valence electrons. The highest BCUT2D eigenvalue weighted by Gasteiger charge is 2.33. The zero-order chi connectivity index (χ0) is 19.6. The quantitative estimate of drug-likeness (QED) is 0.818. The van der Waals surface area contributed by atoms with Crippen LogP contribution in [-0.2, 0) is 4.79 Å². The average molecular weight is 371 g/mol. The van der Waals surface area contributed by atoms with E-state index in [1.165, 1.54) is 0 Å².